The molecule has 184 valence electrons. The monoisotopic (exact) mass is 456 g/mol. The number of hydrogen-bond donors (Lipinski definition) is 7. The summed E-state index contributed by atoms with van der Waals surface area (Å²) in [5.41, 5.74) is -1.48. The molecule has 4 aliphatic carbocycles. The SMILES string of the molecule is CC(CCC(=O)O)C1CCC2C3C(O)C(O)C4CC(O)(O)CCC4(C)C3CC(O)(O)C12C. The second kappa shape index (κ2) is 7.62. The molecule has 0 saturated heterocycles. The first-order valence-electron chi connectivity index (χ1n) is 12.1. The van der Waals surface area contributed by atoms with Crippen LogP contribution in [0.5, 0.6) is 0 Å². The molecule has 0 radical (unpaired) electrons. The Morgan fingerprint density at radius 2 is 1.59 bits per heavy atom. The van der Waals surface area contributed by atoms with E-state index < -0.39 is 46.5 Å². The van der Waals surface area contributed by atoms with Crippen molar-refractivity contribution in [3.8, 4) is 0 Å². The van der Waals surface area contributed by atoms with Gasteiger partial charge < -0.3 is 35.7 Å². The van der Waals surface area contributed by atoms with Crippen LogP contribution < -0.4 is 0 Å². The van der Waals surface area contributed by atoms with Crippen LogP contribution >= 0.6 is 0 Å². The van der Waals surface area contributed by atoms with Gasteiger partial charge in [-0.3, -0.25) is 4.79 Å². The quantitative estimate of drug-likeness (QED) is 0.309. The van der Waals surface area contributed by atoms with E-state index in [1.807, 2.05) is 20.8 Å². The molecule has 0 aromatic rings. The average Bonchev–Trinajstić information content (AvgIpc) is 3.05. The fourth-order valence-corrected chi connectivity index (χ4v) is 8.72. The van der Waals surface area contributed by atoms with Gasteiger partial charge in [-0.05, 0) is 66.6 Å². The van der Waals surface area contributed by atoms with E-state index >= 15 is 0 Å². The summed E-state index contributed by atoms with van der Waals surface area (Å²) in [6.07, 6.45) is 0.244. The Kier molecular flexibility index (Phi) is 5.80. The molecule has 8 heteroatoms. The summed E-state index contributed by atoms with van der Waals surface area (Å²) in [4.78, 5) is 11.1. The first kappa shape index (κ1) is 24.4. The number of carbonyl (C=O) groups is 1. The molecule has 0 bridgehead atoms. The number of rotatable bonds is 4. The molecule has 8 nitrogen and oxygen atoms in total. The number of aliphatic carboxylic acids is 1. The summed E-state index contributed by atoms with van der Waals surface area (Å²) < 4.78 is 0. The Labute approximate surface area is 189 Å². The van der Waals surface area contributed by atoms with Crippen molar-refractivity contribution >= 4 is 5.97 Å². The van der Waals surface area contributed by atoms with Crippen molar-refractivity contribution in [2.45, 2.75) is 95.9 Å². The van der Waals surface area contributed by atoms with Crippen LogP contribution in [0.3, 0.4) is 0 Å². The van der Waals surface area contributed by atoms with Crippen LogP contribution in [0.4, 0.5) is 0 Å². The summed E-state index contributed by atoms with van der Waals surface area (Å²) in [6, 6.07) is 0. The molecule has 10 atom stereocenters. The molecule has 4 aliphatic rings. The molecule has 4 saturated carbocycles. The smallest absolute Gasteiger partial charge is 0.303 e. The summed E-state index contributed by atoms with van der Waals surface area (Å²) in [7, 11) is 0. The van der Waals surface area contributed by atoms with Gasteiger partial charge in [0.2, 0.25) is 0 Å². The standard InChI is InChI=1S/C24H40O8/c1-12(4-7-17(25)26)13-5-6-14-18-15(11-24(31,32)22(13,14)3)21(2)8-9-23(29,30)10-16(21)19(27)20(18)28/h12-16,18-20,27-32H,4-11H2,1-3H3,(H,25,26). The van der Waals surface area contributed by atoms with Crippen LogP contribution in [0.25, 0.3) is 0 Å². The van der Waals surface area contributed by atoms with Crippen molar-refractivity contribution in [2.24, 2.45) is 46.3 Å². The van der Waals surface area contributed by atoms with Crippen molar-refractivity contribution in [2.75, 3.05) is 0 Å². The van der Waals surface area contributed by atoms with Crippen molar-refractivity contribution < 1.29 is 40.5 Å². The molecule has 10 unspecified atom stereocenters. The molecule has 0 spiro atoms. The van der Waals surface area contributed by atoms with Gasteiger partial charge in [0.1, 0.15) is 0 Å². The predicted molar refractivity (Wildman–Crippen MR) is 114 cm³/mol. The lowest BCUT2D eigenvalue weighted by atomic mass is 9.41. The fraction of sp³-hybridized carbons (Fsp3) is 0.958. The van der Waals surface area contributed by atoms with Crippen LogP contribution in [0.1, 0.15) is 72.1 Å². The minimum Gasteiger partial charge on any atom is -0.481 e. The molecular formula is C24H40O8. The van der Waals surface area contributed by atoms with Gasteiger partial charge in [-0.25, -0.2) is 0 Å². The minimum absolute atomic E-state index is 0.0237. The van der Waals surface area contributed by atoms with Crippen LogP contribution in [-0.2, 0) is 4.79 Å². The highest BCUT2D eigenvalue weighted by atomic mass is 16.5. The first-order valence-corrected chi connectivity index (χ1v) is 12.1. The number of aliphatic hydroxyl groups is 6. The Bertz CT molecular complexity index is 752. The summed E-state index contributed by atoms with van der Waals surface area (Å²) in [5, 5.41) is 74.9. The maximum Gasteiger partial charge on any atom is 0.303 e. The highest BCUT2D eigenvalue weighted by molar-refractivity contribution is 5.66. The van der Waals surface area contributed by atoms with Crippen LogP contribution in [0.15, 0.2) is 0 Å². The first-order chi connectivity index (χ1) is 14.7. The lowest BCUT2D eigenvalue weighted by Crippen LogP contribution is -2.70. The zero-order valence-corrected chi connectivity index (χ0v) is 19.3. The molecule has 0 aromatic heterocycles. The molecule has 0 heterocycles. The molecule has 32 heavy (non-hydrogen) atoms. The Hall–Kier alpha value is -0.770. The third-order valence-corrected chi connectivity index (χ3v) is 10.6. The molecule has 0 aromatic carbocycles. The number of fused-ring (bicyclic) bond motifs is 5. The summed E-state index contributed by atoms with van der Waals surface area (Å²) in [5.74, 6) is -6.27. The van der Waals surface area contributed by atoms with E-state index in [1.54, 1.807) is 0 Å². The van der Waals surface area contributed by atoms with E-state index in [9.17, 15) is 35.4 Å². The van der Waals surface area contributed by atoms with Crippen molar-refractivity contribution in [3.63, 3.8) is 0 Å². The number of hydrogen-bond acceptors (Lipinski definition) is 7. The van der Waals surface area contributed by atoms with Gasteiger partial charge in [0, 0.05) is 31.1 Å². The van der Waals surface area contributed by atoms with Crippen LogP contribution in [0, 0.1) is 46.3 Å². The van der Waals surface area contributed by atoms with Gasteiger partial charge in [0.25, 0.3) is 0 Å². The third-order valence-electron chi connectivity index (χ3n) is 10.6. The number of carboxylic acid groups (broad SMARTS) is 1. The van der Waals surface area contributed by atoms with E-state index in [4.69, 9.17) is 5.11 Å². The van der Waals surface area contributed by atoms with E-state index in [1.165, 1.54) is 0 Å². The topological polar surface area (TPSA) is 159 Å². The van der Waals surface area contributed by atoms with Crippen molar-refractivity contribution in [1.82, 2.24) is 0 Å². The average molecular weight is 457 g/mol. The second-order valence-corrected chi connectivity index (χ2v) is 12.0. The molecule has 7 N–H and O–H groups in total. The van der Waals surface area contributed by atoms with Crippen molar-refractivity contribution in [3.05, 3.63) is 0 Å². The van der Waals surface area contributed by atoms with E-state index in [0.29, 0.717) is 25.7 Å². The van der Waals surface area contributed by atoms with Crippen LogP contribution in [0.2, 0.25) is 0 Å². The molecule has 4 fully saturated rings. The van der Waals surface area contributed by atoms with Gasteiger partial charge in [-0.15, -0.1) is 0 Å². The van der Waals surface area contributed by atoms with Gasteiger partial charge in [0.15, 0.2) is 11.6 Å². The fourth-order valence-electron chi connectivity index (χ4n) is 8.72. The molecule has 0 aliphatic heterocycles. The maximum atomic E-state index is 11.5. The Morgan fingerprint density at radius 3 is 2.22 bits per heavy atom. The maximum absolute atomic E-state index is 11.5. The van der Waals surface area contributed by atoms with E-state index in [-0.39, 0.29) is 55.3 Å². The van der Waals surface area contributed by atoms with Gasteiger partial charge in [0.05, 0.1) is 12.2 Å². The van der Waals surface area contributed by atoms with Crippen molar-refractivity contribution in [1.29, 1.82) is 0 Å². The third kappa shape index (κ3) is 3.36. The number of carboxylic acids is 1. The van der Waals surface area contributed by atoms with Gasteiger partial charge in [-0.2, -0.15) is 0 Å². The molecule has 4 rings (SSSR count). The predicted octanol–water partition coefficient (Wildman–Crippen LogP) is 1.06. The van der Waals surface area contributed by atoms with E-state index in [0.717, 1.165) is 0 Å². The highest BCUT2D eigenvalue weighted by Gasteiger charge is 2.72. The number of aliphatic hydroxyl groups excluding tert-OH is 2. The Balaban J connectivity index is 1.70. The zero-order valence-electron chi connectivity index (χ0n) is 19.3. The summed E-state index contributed by atoms with van der Waals surface area (Å²) >= 11 is 0. The second-order valence-electron chi connectivity index (χ2n) is 12.0. The largest absolute Gasteiger partial charge is 0.481 e. The molecule has 0 amide bonds. The lowest BCUT2D eigenvalue weighted by molar-refractivity contribution is -0.343. The molecular weight excluding hydrogens is 416 g/mol. The minimum atomic E-state index is -2.00. The van der Waals surface area contributed by atoms with Gasteiger partial charge in [-0.1, -0.05) is 20.8 Å². The van der Waals surface area contributed by atoms with Gasteiger partial charge >= 0.3 is 5.97 Å². The lowest BCUT2D eigenvalue weighted by Gasteiger charge is -2.66. The van der Waals surface area contributed by atoms with E-state index in [2.05, 4.69) is 0 Å². The summed E-state index contributed by atoms with van der Waals surface area (Å²) in [6.45, 7) is 5.82. The van der Waals surface area contributed by atoms with Crippen LogP contribution in [-0.4, -0.2) is 65.5 Å². The zero-order chi connectivity index (χ0) is 23.9. The Morgan fingerprint density at radius 1 is 0.938 bits per heavy atom. The normalized spacial score (nSPS) is 50.1. The highest BCUT2D eigenvalue weighted by Crippen LogP contribution is 2.70.